The van der Waals surface area contributed by atoms with Gasteiger partial charge in [-0.1, -0.05) is 20.3 Å². The van der Waals surface area contributed by atoms with Crippen LogP contribution in [0.1, 0.15) is 37.6 Å². The molecule has 1 amide bonds. The van der Waals surface area contributed by atoms with Crippen LogP contribution >= 0.6 is 0 Å². The number of ether oxygens (including phenoxy) is 4. The van der Waals surface area contributed by atoms with E-state index in [2.05, 4.69) is 5.32 Å². The molecule has 2 atom stereocenters. The summed E-state index contributed by atoms with van der Waals surface area (Å²) < 4.78 is 20.3. The first kappa shape index (κ1) is 22.3. The van der Waals surface area contributed by atoms with E-state index in [0.29, 0.717) is 24.5 Å². The van der Waals surface area contributed by atoms with Crippen molar-refractivity contribution in [1.82, 2.24) is 5.32 Å². The van der Waals surface area contributed by atoms with Gasteiger partial charge >= 0.3 is 11.9 Å². The fourth-order valence-electron chi connectivity index (χ4n) is 2.30. The smallest absolute Gasteiger partial charge is 0.338 e. The number of rotatable bonds is 10. The molecule has 0 aliphatic heterocycles. The first-order valence-electron chi connectivity index (χ1n) is 8.72. The first-order valence-corrected chi connectivity index (χ1v) is 8.72. The number of benzene rings is 1. The van der Waals surface area contributed by atoms with Crippen molar-refractivity contribution in [2.45, 2.75) is 33.2 Å². The Balaban J connectivity index is 2.71. The lowest BCUT2D eigenvalue weighted by molar-refractivity contribution is -0.147. The third-order valence-corrected chi connectivity index (χ3v) is 4.02. The lowest BCUT2D eigenvalue weighted by Crippen LogP contribution is -2.47. The normalized spacial score (nSPS) is 12.5. The van der Waals surface area contributed by atoms with Gasteiger partial charge in [0.05, 0.1) is 26.4 Å². The minimum atomic E-state index is -0.795. The van der Waals surface area contributed by atoms with Crippen LogP contribution in [-0.4, -0.2) is 51.3 Å². The maximum Gasteiger partial charge on any atom is 0.338 e. The van der Waals surface area contributed by atoms with E-state index in [-0.39, 0.29) is 11.5 Å². The second-order valence-electron chi connectivity index (χ2n) is 5.83. The van der Waals surface area contributed by atoms with Crippen molar-refractivity contribution in [3.63, 3.8) is 0 Å². The summed E-state index contributed by atoms with van der Waals surface area (Å²) in [5, 5.41) is 2.54. The van der Waals surface area contributed by atoms with Gasteiger partial charge in [0.15, 0.2) is 18.1 Å². The number of amides is 1. The number of hydrogen-bond acceptors (Lipinski definition) is 7. The van der Waals surface area contributed by atoms with E-state index in [1.807, 2.05) is 20.8 Å². The molecule has 27 heavy (non-hydrogen) atoms. The molecular weight excluding hydrogens is 354 g/mol. The van der Waals surface area contributed by atoms with Crippen molar-refractivity contribution in [2.24, 2.45) is 5.92 Å². The Morgan fingerprint density at radius 3 is 2.37 bits per heavy atom. The zero-order chi connectivity index (χ0) is 20.4. The fraction of sp³-hybridized carbons (Fsp3) is 0.526. The van der Waals surface area contributed by atoms with Crippen molar-refractivity contribution in [3.8, 4) is 11.5 Å². The number of carbonyl (C=O) groups is 3. The third kappa shape index (κ3) is 6.47. The Morgan fingerprint density at radius 2 is 1.81 bits per heavy atom. The largest absolute Gasteiger partial charge is 0.493 e. The molecule has 8 heteroatoms. The van der Waals surface area contributed by atoms with Crippen LogP contribution in [0.5, 0.6) is 11.5 Å². The highest BCUT2D eigenvalue weighted by molar-refractivity contribution is 5.92. The summed E-state index contributed by atoms with van der Waals surface area (Å²) in [6.45, 7) is 5.41. The summed E-state index contributed by atoms with van der Waals surface area (Å²) in [5.41, 5.74) is 0.221. The summed E-state index contributed by atoms with van der Waals surface area (Å²) in [5.74, 6) is -1.04. The highest BCUT2D eigenvalue weighted by Gasteiger charge is 2.27. The van der Waals surface area contributed by atoms with E-state index in [1.165, 1.54) is 26.4 Å². The summed E-state index contributed by atoms with van der Waals surface area (Å²) in [6.07, 6.45) is 0.673. The Labute approximate surface area is 159 Å². The van der Waals surface area contributed by atoms with Crippen molar-refractivity contribution in [1.29, 1.82) is 0 Å². The lowest BCUT2D eigenvalue weighted by atomic mass is 9.99. The van der Waals surface area contributed by atoms with E-state index < -0.39 is 30.5 Å². The zero-order valence-electron chi connectivity index (χ0n) is 16.4. The number of methoxy groups -OCH3 is 2. The predicted octanol–water partition coefficient (Wildman–Crippen LogP) is 1.95. The average Bonchev–Trinajstić information content (AvgIpc) is 2.69. The second-order valence-corrected chi connectivity index (χ2v) is 5.83. The van der Waals surface area contributed by atoms with Crippen LogP contribution in [0.15, 0.2) is 18.2 Å². The summed E-state index contributed by atoms with van der Waals surface area (Å²) in [4.78, 5) is 36.0. The maximum absolute atomic E-state index is 12.2. The van der Waals surface area contributed by atoms with Crippen LogP contribution in [0.4, 0.5) is 0 Å². The molecule has 0 spiro atoms. The molecule has 1 rings (SSSR count). The van der Waals surface area contributed by atoms with Gasteiger partial charge in [-0.3, -0.25) is 4.79 Å². The third-order valence-electron chi connectivity index (χ3n) is 4.02. The monoisotopic (exact) mass is 381 g/mol. The van der Waals surface area contributed by atoms with E-state index in [9.17, 15) is 14.4 Å². The lowest BCUT2D eigenvalue weighted by Gasteiger charge is -2.21. The molecule has 0 unspecified atom stereocenters. The number of nitrogens with one attached hydrogen (secondary N) is 1. The summed E-state index contributed by atoms with van der Waals surface area (Å²) in [6, 6.07) is 3.78. The first-order chi connectivity index (χ1) is 12.9. The summed E-state index contributed by atoms with van der Waals surface area (Å²) in [7, 11) is 2.75. The van der Waals surface area contributed by atoms with Crippen LogP contribution in [0.25, 0.3) is 0 Å². The van der Waals surface area contributed by atoms with Crippen LogP contribution in [0.3, 0.4) is 0 Å². The van der Waals surface area contributed by atoms with Crippen LogP contribution < -0.4 is 14.8 Å². The van der Waals surface area contributed by atoms with E-state index >= 15 is 0 Å². The topological polar surface area (TPSA) is 100 Å². The molecule has 0 heterocycles. The predicted molar refractivity (Wildman–Crippen MR) is 97.8 cm³/mol. The molecule has 1 aromatic rings. The van der Waals surface area contributed by atoms with Gasteiger partial charge in [-0.15, -0.1) is 0 Å². The number of hydrogen-bond donors (Lipinski definition) is 1. The Hall–Kier alpha value is -2.77. The number of esters is 2. The molecule has 1 aromatic carbocycles. The SMILES string of the molecule is CCOc1cc(C(=O)OCC(=O)N[C@@H](C(=O)OC)[C@H](C)CC)ccc1OC. The van der Waals surface area contributed by atoms with E-state index in [4.69, 9.17) is 18.9 Å². The number of carbonyl (C=O) groups excluding carboxylic acids is 3. The summed E-state index contributed by atoms with van der Waals surface area (Å²) >= 11 is 0. The van der Waals surface area contributed by atoms with Gasteiger partial charge in [-0.25, -0.2) is 9.59 Å². The highest BCUT2D eigenvalue weighted by Crippen LogP contribution is 2.28. The van der Waals surface area contributed by atoms with Crippen molar-refractivity contribution in [2.75, 3.05) is 27.4 Å². The van der Waals surface area contributed by atoms with Crippen LogP contribution in [0.2, 0.25) is 0 Å². The molecule has 150 valence electrons. The molecule has 0 saturated carbocycles. The van der Waals surface area contributed by atoms with Crippen molar-refractivity contribution >= 4 is 17.8 Å². The molecular formula is C19H27NO7. The molecule has 0 aliphatic carbocycles. The average molecular weight is 381 g/mol. The molecule has 8 nitrogen and oxygen atoms in total. The van der Waals surface area contributed by atoms with Gasteiger partial charge in [0, 0.05) is 0 Å². The molecule has 0 radical (unpaired) electrons. The van der Waals surface area contributed by atoms with E-state index in [0.717, 1.165) is 0 Å². The quantitative estimate of drug-likeness (QED) is 0.618. The van der Waals surface area contributed by atoms with Crippen molar-refractivity contribution in [3.05, 3.63) is 23.8 Å². The fourth-order valence-corrected chi connectivity index (χ4v) is 2.30. The van der Waals surface area contributed by atoms with Gasteiger partial charge in [0.25, 0.3) is 5.91 Å². The van der Waals surface area contributed by atoms with Gasteiger partial charge < -0.3 is 24.3 Å². The Bertz CT molecular complexity index is 659. The molecule has 0 fully saturated rings. The zero-order valence-corrected chi connectivity index (χ0v) is 16.4. The van der Waals surface area contributed by atoms with Gasteiger partial charge in [-0.2, -0.15) is 0 Å². The minimum absolute atomic E-state index is 0.118. The minimum Gasteiger partial charge on any atom is -0.493 e. The Morgan fingerprint density at radius 1 is 1.11 bits per heavy atom. The van der Waals surface area contributed by atoms with Gasteiger partial charge in [0.2, 0.25) is 0 Å². The maximum atomic E-state index is 12.2. The van der Waals surface area contributed by atoms with Crippen molar-refractivity contribution < 1.29 is 33.3 Å². The highest BCUT2D eigenvalue weighted by atomic mass is 16.5. The van der Waals surface area contributed by atoms with Gasteiger partial charge in [0.1, 0.15) is 6.04 Å². The van der Waals surface area contributed by atoms with Crippen LogP contribution in [0, 0.1) is 5.92 Å². The molecule has 0 saturated heterocycles. The molecule has 0 bridgehead atoms. The molecule has 0 aromatic heterocycles. The van der Waals surface area contributed by atoms with Crippen LogP contribution in [-0.2, 0) is 19.1 Å². The molecule has 1 N–H and O–H groups in total. The van der Waals surface area contributed by atoms with Gasteiger partial charge in [-0.05, 0) is 31.0 Å². The Kier molecular flexibility index (Phi) is 9.12. The second kappa shape index (κ2) is 11.1. The standard InChI is InChI=1S/C19H27NO7/c1-6-12(3)17(19(23)25-5)20-16(21)11-27-18(22)13-8-9-14(24-4)15(10-13)26-7-2/h8-10,12,17H,6-7,11H2,1-5H3,(H,20,21)/t12-,17-/m1/s1. The van der Waals surface area contributed by atoms with E-state index in [1.54, 1.807) is 6.07 Å². The molecule has 0 aliphatic rings.